The van der Waals surface area contributed by atoms with Gasteiger partial charge in [0.1, 0.15) is 6.54 Å². The molecule has 0 fully saturated rings. The van der Waals surface area contributed by atoms with E-state index in [-0.39, 0.29) is 12.5 Å². The highest BCUT2D eigenvalue weighted by molar-refractivity contribution is 9.10. The summed E-state index contributed by atoms with van der Waals surface area (Å²) in [6, 6.07) is 17.2. The lowest BCUT2D eigenvalue weighted by Crippen LogP contribution is -2.31. The summed E-state index contributed by atoms with van der Waals surface area (Å²) in [5.41, 5.74) is 2.61. The Morgan fingerprint density at radius 2 is 1.95 bits per heavy atom. The molecule has 0 heterocycles. The number of benzene rings is 2. The summed E-state index contributed by atoms with van der Waals surface area (Å²) in [5, 5.41) is 8.96. The van der Waals surface area contributed by atoms with Crippen molar-refractivity contribution in [2.75, 3.05) is 6.54 Å². The van der Waals surface area contributed by atoms with Gasteiger partial charge >= 0.3 is 0 Å². The second-order valence-corrected chi connectivity index (χ2v) is 5.62. The van der Waals surface area contributed by atoms with E-state index >= 15 is 0 Å². The van der Waals surface area contributed by atoms with Gasteiger partial charge in [-0.05, 0) is 36.2 Å². The number of aryl methyl sites for hydroxylation is 1. The quantitative estimate of drug-likeness (QED) is 0.790. The smallest absolute Gasteiger partial charge is 0.255 e. The predicted octanol–water partition coefficient (Wildman–Crippen LogP) is 3.92. The number of carbonyl (C=O) groups excluding carboxylic acids is 1. The zero-order valence-corrected chi connectivity index (χ0v) is 13.3. The van der Waals surface area contributed by atoms with Gasteiger partial charge in [0.25, 0.3) is 5.91 Å². The fourth-order valence-corrected chi connectivity index (χ4v) is 2.30. The Balaban J connectivity index is 2.23. The number of hydrogen-bond donors (Lipinski definition) is 0. The minimum Gasteiger partial charge on any atom is -0.321 e. The molecule has 0 bridgehead atoms. The molecule has 0 N–H and O–H groups in total. The predicted molar refractivity (Wildman–Crippen MR) is 85.7 cm³/mol. The van der Waals surface area contributed by atoms with Gasteiger partial charge in [-0.1, -0.05) is 46.3 Å². The van der Waals surface area contributed by atoms with Crippen LogP contribution in [0.5, 0.6) is 0 Å². The van der Waals surface area contributed by atoms with E-state index in [0.29, 0.717) is 12.1 Å². The molecule has 0 atom stereocenters. The fraction of sp³-hybridized carbons (Fsp3) is 0.176. The van der Waals surface area contributed by atoms with Crippen LogP contribution in [0.2, 0.25) is 0 Å². The summed E-state index contributed by atoms with van der Waals surface area (Å²) in [4.78, 5) is 14.1. The molecule has 0 aromatic heterocycles. The van der Waals surface area contributed by atoms with E-state index in [0.717, 1.165) is 15.6 Å². The van der Waals surface area contributed by atoms with Crippen molar-refractivity contribution in [3.05, 3.63) is 69.7 Å². The molecule has 0 aliphatic carbocycles. The summed E-state index contributed by atoms with van der Waals surface area (Å²) >= 11 is 3.42. The van der Waals surface area contributed by atoms with Gasteiger partial charge in [0, 0.05) is 16.6 Å². The molecule has 0 unspecified atom stereocenters. The highest BCUT2D eigenvalue weighted by Crippen LogP contribution is 2.18. The number of hydrogen-bond acceptors (Lipinski definition) is 2. The van der Waals surface area contributed by atoms with Crippen molar-refractivity contribution >= 4 is 21.8 Å². The number of carbonyl (C=O) groups is 1. The van der Waals surface area contributed by atoms with Crippen LogP contribution >= 0.6 is 15.9 Å². The first kappa shape index (κ1) is 15.3. The first-order valence-electron chi connectivity index (χ1n) is 6.58. The third-order valence-corrected chi connectivity index (χ3v) is 4.06. The van der Waals surface area contributed by atoms with Gasteiger partial charge in [-0.3, -0.25) is 4.79 Å². The second-order valence-electron chi connectivity index (χ2n) is 4.77. The van der Waals surface area contributed by atoms with Gasteiger partial charge in [0.05, 0.1) is 6.07 Å². The lowest BCUT2D eigenvalue weighted by atomic mass is 10.1. The molecule has 2 rings (SSSR count). The molecule has 0 radical (unpaired) electrons. The van der Waals surface area contributed by atoms with E-state index in [4.69, 9.17) is 5.26 Å². The molecule has 3 nitrogen and oxygen atoms in total. The summed E-state index contributed by atoms with van der Waals surface area (Å²) in [6.07, 6.45) is 0. The monoisotopic (exact) mass is 342 g/mol. The molecule has 2 aromatic rings. The number of rotatable bonds is 4. The van der Waals surface area contributed by atoms with Gasteiger partial charge in [-0.25, -0.2) is 0 Å². The minimum atomic E-state index is -0.129. The number of nitriles is 1. The Morgan fingerprint density at radius 3 is 2.57 bits per heavy atom. The Morgan fingerprint density at radius 1 is 1.24 bits per heavy atom. The van der Waals surface area contributed by atoms with E-state index in [1.165, 1.54) is 0 Å². The Labute approximate surface area is 132 Å². The zero-order valence-electron chi connectivity index (χ0n) is 11.7. The van der Waals surface area contributed by atoms with Crippen LogP contribution in [0.4, 0.5) is 0 Å². The van der Waals surface area contributed by atoms with Crippen molar-refractivity contribution in [2.45, 2.75) is 13.5 Å². The Kier molecular flexibility index (Phi) is 5.13. The molecule has 0 saturated carbocycles. The van der Waals surface area contributed by atoms with Gasteiger partial charge in [-0.15, -0.1) is 0 Å². The van der Waals surface area contributed by atoms with Crippen molar-refractivity contribution < 1.29 is 4.79 Å². The lowest BCUT2D eigenvalue weighted by Gasteiger charge is -2.20. The third kappa shape index (κ3) is 3.93. The topological polar surface area (TPSA) is 44.1 Å². The number of amides is 1. The summed E-state index contributed by atoms with van der Waals surface area (Å²) in [6.45, 7) is 2.44. The van der Waals surface area contributed by atoms with E-state index in [9.17, 15) is 4.79 Å². The van der Waals surface area contributed by atoms with Crippen LogP contribution in [0, 0.1) is 18.3 Å². The zero-order chi connectivity index (χ0) is 15.2. The van der Waals surface area contributed by atoms with E-state index < -0.39 is 0 Å². The van der Waals surface area contributed by atoms with Gasteiger partial charge in [0.2, 0.25) is 0 Å². The maximum absolute atomic E-state index is 12.6. The van der Waals surface area contributed by atoms with Crippen LogP contribution in [0.3, 0.4) is 0 Å². The van der Waals surface area contributed by atoms with Crippen molar-refractivity contribution in [1.29, 1.82) is 5.26 Å². The van der Waals surface area contributed by atoms with Crippen LogP contribution < -0.4 is 0 Å². The molecule has 1 amide bonds. The van der Waals surface area contributed by atoms with Crippen LogP contribution in [0.25, 0.3) is 0 Å². The minimum absolute atomic E-state index is 0.0723. The standard InChI is InChI=1S/C17H15BrN2O/c1-13-11-15(7-8-16(13)18)17(21)20(10-9-19)12-14-5-3-2-4-6-14/h2-8,11H,10,12H2,1H3. The molecule has 0 spiro atoms. The molecule has 4 heteroatoms. The van der Waals surface area contributed by atoms with E-state index in [2.05, 4.69) is 22.0 Å². The highest BCUT2D eigenvalue weighted by Gasteiger charge is 2.16. The van der Waals surface area contributed by atoms with Gasteiger partial charge in [0.15, 0.2) is 0 Å². The Bertz CT molecular complexity index is 677. The maximum Gasteiger partial charge on any atom is 0.255 e. The van der Waals surface area contributed by atoms with Crippen molar-refractivity contribution in [3.63, 3.8) is 0 Å². The van der Waals surface area contributed by atoms with Crippen molar-refractivity contribution in [3.8, 4) is 6.07 Å². The maximum atomic E-state index is 12.6. The fourth-order valence-electron chi connectivity index (χ4n) is 2.05. The number of nitrogens with zero attached hydrogens (tertiary/aromatic N) is 2. The Hall–Kier alpha value is -2.12. The molecule has 0 saturated heterocycles. The van der Waals surface area contributed by atoms with Gasteiger partial charge < -0.3 is 4.90 Å². The van der Waals surface area contributed by atoms with Gasteiger partial charge in [-0.2, -0.15) is 5.26 Å². The van der Waals surface area contributed by atoms with Crippen molar-refractivity contribution in [2.24, 2.45) is 0 Å². The normalized spacial score (nSPS) is 9.95. The summed E-state index contributed by atoms with van der Waals surface area (Å²) < 4.78 is 0.967. The first-order valence-corrected chi connectivity index (χ1v) is 7.37. The van der Waals surface area contributed by atoms with Crippen LogP contribution in [-0.2, 0) is 6.54 Å². The largest absolute Gasteiger partial charge is 0.321 e. The molecule has 2 aromatic carbocycles. The van der Waals surface area contributed by atoms with E-state index in [1.807, 2.05) is 49.4 Å². The third-order valence-electron chi connectivity index (χ3n) is 3.17. The average Bonchev–Trinajstić information content (AvgIpc) is 2.50. The molecule has 0 aliphatic heterocycles. The second kappa shape index (κ2) is 7.05. The first-order chi connectivity index (χ1) is 10.1. The highest BCUT2D eigenvalue weighted by atomic mass is 79.9. The average molecular weight is 343 g/mol. The molecular weight excluding hydrogens is 328 g/mol. The van der Waals surface area contributed by atoms with Crippen LogP contribution in [-0.4, -0.2) is 17.4 Å². The van der Waals surface area contributed by atoms with Crippen LogP contribution in [0.15, 0.2) is 53.0 Å². The lowest BCUT2D eigenvalue weighted by molar-refractivity contribution is 0.0765. The van der Waals surface area contributed by atoms with Crippen molar-refractivity contribution in [1.82, 2.24) is 4.90 Å². The molecule has 106 valence electrons. The number of halogens is 1. The molecular formula is C17H15BrN2O. The SMILES string of the molecule is Cc1cc(C(=O)N(CC#N)Cc2ccccc2)ccc1Br. The molecule has 21 heavy (non-hydrogen) atoms. The summed E-state index contributed by atoms with van der Waals surface area (Å²) in [5.74, 6) is -0.129. The van der Waals surface area contributed by atoms with E-state index in [1.54, 1.807) is 11.0 Å². The molecule has 0 aliphatic rings. The van der Waals surface area contributed by atoms with Crippen LogP contribution in [0.1, 0.15) is 21.5 Å². The summed E-state index contributed by atoms with van der Waals surface area (Å²) in [7, 11) is 0.